The first kappa shape index (κ1) is 34.9. The molecule has 0 spiro atoms. The first-order chi connectivity index (χ1) is 15.9. The Morgan fingerprint density at radius 3 is 1.54 bits per heavy atom. The number of hydrogen-bond acceptors (Lipinski definition) is 5. The van der Waals surface area contributed by atoms with Gasteiger partial charge in [0.15, 0.2) is 16.6 Å². The zero-order valence-corrected chi connectivity index (χ0v) is 27.9. The summed E-state index contributed by atoms with van der Waals surface area (Å²) in [5, 5.41) is 0.0594. The maximum absolute atomic E-state index is 11.5. The molecule has 210 valence electrons. The quantitative estimate of drug-likeness (QED) is 0.141. The van der Waals surface area contributed by atoms with Crippen LogP contribution < -0.4 is 0 Å². The minimum Gasteiger partial charge on any atom is -0.416 e. The number of rotatable bonds is 17. The van der Waals surface area contributed by atoms with E-state index < -0.39 is 16.6 Å². The van der Waals surface area contributed by atoms with Gasteiger partial charge in [-0.15, -0.1) is 0 Å². The standard InChI is InChI=1S/C28H60O5Si2/c1-20(2)35(21(3)4,22(5)6)32-19-24(8)17-26(31-13)27(25(30-12)16-23(7)18-29)33-34(14,15)28(9,10)11/h18,20-27H,16-17,19H2,1-15H3/t23-,24-,25+,26+,27+/m1/s1. The number of carbonyl (C=O) groups excluding carboxylic acids is 1. The SMILES string of the molecule is CO[C@@H](C[C@@H](C)CO[Si](C(C)C)(C(C)C)C(C)C)[C@@H](O[Si](C)(C)C(C)(C)C)[C@H](C[C@@H](C)C=O)OC. The summed E-state index contributed by atoms with van der Waals surface area (Å²) in [6.45, 7) is 30.2. The molecule has 0 aromatic carbocycles. The van der Waals surface area contributed by atoms with Gasteiger partial charge in [-0.25, -0.2) is 0 Å². The molecule has 7 heteroatoms. The zero-order valence-electron chi connectivity index (χ0n) is 25.9. The molecule has 35 heavy (non-hydrogen) atoms. The summed E-state index contributed by atoms with van der Waals surface area (Å²) in [7, 11) is -0.541. The first-order valence-electron chi connectivity index (χ1n) is 13.7. The third-order valence-corrected chi connectivity index (χ3v) is 18.9. The lowest BCUT2D eigenvalue weighted by Crippen LogP contribution is -2.53. The van der Waals surface area contributed by atoms with E-state index >= 15 is 0 Å². The molecular weight excluding hydrogens is 472 g/mol. The molecule has 0 radical (unpaired) electrons. The maximum atomic E-state index is 11.5. The van der Waals surface area contributed by atoms with Crippen LogP contribution in [0.3, 0.4) is 0 Å². The van der Waals surface area contributed by atoms with Crippen LogP contribution in [-0.2, 0) is 23.1 Å². The van der Waals surface area contributed by atoms with Gasteiger partial charge < -0.3 is 23.1 Å². The van der Waals surface area contributed by atoms with E-state index in [9.17, 15) is 4.79 Å². The Morgan fingerprint density at radius 2 is 1.20 bits per heavy atom. The van der Waals surface area contributed by atoms with Gasteiger partial charge in [-0.2, -0.15) is 0 Å². The third kappa shape index (κ3) is 9.64. The summed E-state index contributed by atoms with van der Waals surface area (Å²) >= 11 is 0. The number of ether oxygens (including phenoxy) is 2. The molecule has 0 aliphatic rings. The normalized spacial score (nSPS) is 18.1. The van der Waals surface area contributed by atoms with Crippen LogP contribution in [0.25, 0.3) is 0 Å². The molecule has 0 amide bonds. The summed E-state index contributed by atoms with van der Waals surface area (Å²) < 4.78 is 25.9. The second kappa shape index (κ2) is 14.8. The molecule has 0 rings (SSSR count). The fourth-order valence-electron chi connectivity index (χ4n) is 5.31. The van der Waals surface area contributed by atoms with Crippen LogP contribution in [0, 0.1) is 11.8 Å². The Balaban J connectivity index is 5.89. The van der Waals surface area contributed by atoms with Crippen molar-refractivity contribution >= 4 is 22.9 Å². The van der Waals surface area contributed by atoms with Gasteiger partial charge >= 0.3 is 0 Å². The molecule has 0 aromatic heterocycles. The lowest BCUT2D eigenvalue weighted by molar-refractivity contribution is -0.116. The van der Waals surface area contributed by atoms with Crippen LogP contribution in [0.15, 0.2) is 0 Å². The molecule has 0 aliphatic carbocycles. The van der Waals surface area contributed by atoms with Crippen LogP contribution in [0.2, 0.25) is 34.8 Å². The molecule has 0 unspecified atom stereocenters. The van der Waals surface area contributed by atoms with E-state index in [1.54, 1.807) is 14.2 Å². The largest absolute Gasteiger partial charge is 0.416 e. The van der Waals surface area contributed by atoms with Crippen LogP contribution in [0.1, 0.15) is 89.0 Å². The van der Waals surface area contributed by atoms with E-state index in [1.807, 2.05) is 6.92 Å². The zero-order chi connectivity index (χ0) is 27.8. The van der Waals surface area contributed by atoms with Gasteiger partial charge in [-0.3, -0.25) is 0 Å². The molecule has 0 heterocycles. The number of carbonyl (C=O) groups is 1. The lowest BCUT2D eigenvalue weighted by Gasteiger charge is -2.44. The molecule has 0 fully saturated rings. The van der Waals surface area contributed by atoms with Gasteiger partial charge in [0, 0.05) is 26.7 Å². The van der Waals surface area contributed by atoms with Crippen molar-refractivity contribution in [3.8, 4) is 0 Å². The van der Waals surface area contributed by atoms with E-state index in [0.717, 1.165) is 19.3 Å². The fraction of sp³-hybridized carbons (Fsp3) is 0.964. The molecule has 0 saturated heterocycles. The first-order valence-corrected chi connectivity index (χ1v) is 18.8. The van der Waals surface area contributed by atoms with Crippen LogP contribution in [-0.4, -0.2) is 62.1 Å². The van der Waals surface area contributed by atoms with Crippen LogP contribution in [0.4, 0.5) is 0 Å². The molecule has 5 nitrogen and oxygen atoms in total. The van der Waals surface area contributed by atoms with E-state index in [4.69, 9.17) is 18.3 Å². The predicted molar refractivity (Wildman–Crippen MR) is 154 cm³/mol. The summed E-state index contributed by atoms with van der Waals surface area (Å²) in [6, 6.07) is 0. The van der Waals surface area contributed by atoms with Gasteiger partial charge in [0.2, 0.25) is 0 Å². The highest BCUT2D eigenvalue weighted by molar-refractivity contribution is 6.77. The lowest BCUT2D eigenvalue weighted by atomic mass is 9.93. The Bertz CT molecular complexity index is 579. The average Bonchev–Trinajstić information content (AvgIpc) is 2.73. The Labute approximate surface area is 220 Å². The van der Waals surface area contributed by atoms with Crippen molar-refractivity contribution in [2.75, 3.05) is 20.8 Å². The monoisotopic (exact) mass is 532 g/mol. The van der Waals surface area contributed by atoms with E-state index in [-0.39, 0.29) is 29.3 Å². The van der Waals surface area contributed by atoms with Crippen molar-refractivity contribution in [1.82, 2.24) is 0 Å². The molecule has 0 aromatic rings. The molecule has 0 bridgehead atoms. The van der Waals surface area contributed by atoms with Crippen LogP contribution >= 0.6 is 0 Å². The topological polar surface area (TPSA) is 54.0 Å². The van der Waals surface area contributed by atoms with Gasteiger partial charge in [0.25, 0.3) is 0 Å². The molecular formula is C28H60O5Si2. The predicted octanol–water partition coefficient (Wildman–Crippen LogP) is 7.85. The highest BCUT2D eigenvalue weighted by Crippen LogP contribution is 2.43. The van der Waals surface area contributed by atoms with Crippen LogP contribution in [0.5, 0.6) is 0 Å². The second-order valence-electron chi connectivity index (χ2n) is 13.2. The molecule has 0 saturated carbocycles. The minimum absolute atomic E-state index is 0.0594. The van der Waals surface area contributed by atoms with Crippen molar-refractivity contribution in [3.05, 3.63) is 0 Å². The third-order valence-electron chi connectivity index (χ3n) is 8.37. The summed E-state index contributed by atoms with van der Waals surface area (Å²) in [5.41, 5.74) is 1.68. The fourth-order valence-corrected chi connectivity index (χ4v) is 12.2. The van der Waals surface area contributed by atoms with E-state index in [2.05, 4.69) is 82.3 Å². The maximum Gasteiger partial charge on any atom is 0.200 e. The van der Waals surface area contributed by atoms with Crippen molar-refractivity contribution < 1.29 is 23.1 Å². The summed E-state index contributed by atoms with van der Waals surface area (Å²) in [4.78, 5) is 11.5. The van der Waals surface area contributed by atoms with Crippen molar-refractivity contribution in [2.24, 2.45) is 11.8 Å². The highest BCUT2D eigenvalue weighted by atomic mass is 28.4. The number of hydrogen-bond donors (Lipinski definition) is 0. The Morgan fingerprint density at radius 1 is 0.771 bits per heavy atom. The van der Waals surface area contributed by atoms with Gasteiger partial charge in [-0.1, -0.05) is 76.2 Å². The van der Waals surface area contributed by atoms with Crippen molar-refractivity contribution in [3.63, 3.8) is 0 Å². The van der Waals surface area contributed by atoms with E-state index in [0.29, 0.717) is 29.0 Å². The number of methoxy groups -OCH3 is 2. The smallest absolute Gasteiger partial charge is 0.200 e. The molecule has 5 atom stereocenters. The Kier molecular flexibility index (Phi) is 14.7. The van der Waals surface area contributed by atoms with Crippen molar-refractivity contribution in [2.45, 2.75) is 142 Å². The van der Waals surface area contributed by atoms with E-state index in [1.165, 1.54) is 0 Å². The van der Waals surface area contributed by atoms with Gasteiger partial charge in [-0.05, 0) is 53.5 Å². The molecule has 0 N–H and O–H groups in total. The van der Waals surface area contributed by atoms with Gasteiger partial charge in [0.1, 0.15) is 6.29 Å². The van der Waals surface area contributed by atoms with Crippen molar-refractivity contribution in [1.29, 1.82) is 0 Å². The number of aldehydes is 1. The minimum atomic E-state index is -2.10. The Hall–Kier alpha value is -0.0562. The summed E-state index contributed by atoms with van der Waals surface area (Å²) in [6.07, 6.45) is 1.86. The highest BCUT2D eigenvalue weighted by Gasteiger charge is 2.46. The second-order valence-corrected chi connectivity index (χ2v) is 23.4. The molecule has 0 aliphatic heterocycles. The summed E-state index contributed by atoms with van der Waals surface area (Å²) in [5.74, 6) is 0.216. The average molecular weight is 533 g/mol. The van der Waals surface area contributed by atoms with Gasteiger partial charge in [0.05, 0.1) is 18.3 Å².